The predicted octanol–water partition coefficient (Wildman–Crippen LogP) is 3.63. The van der Waals surface area contributed by atoms with E-state index in [1.54, 1.807) is 31.2 Å². The molecule has 0 aliphatic carbocycles. The molecule has 0 spiro atoms. The molecule has 4 rings (SSSR count). The molecule has 0 bridgehead atoms. The molecule has 4 aromatic rings. The molecule has 11 nitrogen and oxygen atoms in total. The van der Waals surface area contributed by atoms with Crippen LogP contribution in [0.15, 0.2) is 55.0 Å². The predicted molar refractivity (Wildman–Crippen MR) is 144 cm³/mol. The molecule has 2 aromatic carbocycles. The van der Waals surface area contributed by atoms with E-state index < -0.39 is 27.4 Å². The van der Waals surface area contributed by atoms with Crippen LogP contribution in [0.3, 0.4) is 0 Å². The molecule has 0 unspecified atom stereocenters. The van der Waals surface area contributed by atoms with Crippen molar-refractivity contribution in [2.24, 2.45) is 0 Å². The number of aromatic nitrogens is 3. The summed E-state index contributed by atoms with van der Waals surface area (Å²) in [5, 5.41) is 12.0. The van der Waals surface area contributed by atoms with E-state index in [9.17, 15) is 18.5 Å². The van der Waals surface area contributed by atoms with Gasteiger partial charge in [-0.2, -0.15) is 5.26 Å². The summed E-state index contributed by atoms with van der Waals surface area (Å²) >= 11 is 0. The Bertz CT molecular complexity index is 1690. The molecule has 2 heterocycles. The van der Waals surface area contributed by atoms with E-state index in [0.29, 0.717) is 17.7 Å². The molecule has 0 saturated carbocycles. The molecule has 2 aromatic heterocycles. The minimum atomic E-state index is -3.99. The average molecular weight is 550 g/mol. The highest BCUT2D eigenvalue weighted by Crippen LogP contribution is 2.33. The van der Waals surface area contributed by atoms with E-state index in [2.05, 4.69) is 20.3 Å². The van der Waals surface area contributed by atoms with Crippen LogP contribution >= 0.6 is 0 Å². The molecule has 1 amide bonds. The van der Waals surface area contributed by atoms with Gasteiger partial charge in [0, 0.05) is 6.20 Å². The van der Waals surface area contributed by atoms with Gasteiger partial charge in [-0.15, -0.1) is 0 Å². The Morgan fingerprint density at radius 2 is 1.87 bits per heavy atom. The summed E-state index contributed by atoms with van der Waals surface area (Å²) in [7, 11) is -2.48. The zero-order valence-electron chi connectivity index (χ0n) is 21.1. The van der Waals surface area contributed by atoms with Crippen molar-refractivity contribution >= 4 is 44.2 Å². The maximum Gasteiger partial charge on any atom is 0.258 e. The largest absolute Gasteiger partial charge is 0.497 e. The highest BCUT2D eigenvalue weighted by Gasteiger charge is 2.28. The molecule has 200 valence electrons. The fourth-order valence-electron chi connectivity index (χ4n) is 3.92. The van der Waals surface area contributed by atoms with E-state index in [1.807, 2.05) is 6.07 Å². The second-order valence-corrected chi connectivity index (χ2v) is 10.4. The van der Waals surface area contributed by atoms with Crippen LogP contribution in [0.4, 0.5) is 21.6 Å². The third-order valence-corrected chi connectivity index (χ3v) is 7.75. The number of nitrogens with one attached hydrogen (secondary N) is 1. The van der Waals surface area contributed by atoms with Crippen molar-refractivity contribution in [3.8, 4) is 11.8 Å². The van der Waals surface area contributed by atoms with E-state index in [4.69, 9.17) is 10.5 Å². The number of nitrogens with two attached hydrogens (primary N) is 1. The number of sulfonamides is 1. The van der Waals surface area contributed by atoms with Gasteiger partial charge in [0.25, 0.3) is 5.91 Å². The second-order valence-electron chi connectivity index (χ2n) is 8.37. The van der Waals surface area contributed by atoms with Gasteiger partial charge in [0.05, 0.1) is 41.9 Å². The van der Waals surface area contributed by atoms with Gasteiger partial charge in [-0.05, 0) is 42.3 Å². The topological polar surface area (TPSA) is 164 Å². The molecule has 13 heteroatoms. The summed E-state index contributed by atoms with van der Waals surface area (Å²) < 4.78 is 48.6. The summed E-state index contributed by atoms with van der Waals surface area (Å²) in [6.45, 7) is 1.51. The molecule has 0 fully saturated rings. The van der Waals surface area contributed by atoms with E-state index in [0.717, 1.165) is 10.6 Å². The monoisotopic (exact) mass is 549 g/mol. The fraction of sp³-hybridized carbons (Fsp3) is 0.192. The number of hydrogen-bond donors (Lipinski definition) is 2. The van der Waals surface area contributed by atoms with E-state index in [-0.39, 0.29) is 46.0 Å². The number of amides is 1. The van der Waals surface area contributed by atoms with Gasteiger partial charge in [0.15, 0.2) is 11.6 Å². The summed E-state index contributed by atoms with van der Waals surface area (Å²) in [5.74, 6) is -1.49. The molecule has 3 N–H and O–H groups in total. The molecule has 39 heavy (non-hydrogen) atoms. The maximum atomic E-state index is 16.1. The van der Waals surface area contributed by atoms with Gasteiger partial charge < -0.3 is 15.8 Å². The Hall–Kier alpha value is -4.83. The van der Waals surface area contributed by atoms with Crippen molar-refractivity contribution < 1.29 is 22.3 Å². The standard InChI is InChI=1S/C26H24FN7O4S/c1-3-12-39(36,37)34(14-16-4-7-18(38-2)8-5-16)20-9-6-17(13-28)22(21(20)27)33-26(35)19-10-11-30-24-23(19)31-15-32-25(24)29/h4-11,15H,3,12,14H2,1-2H3,(H,33,35)(H2,29,31,32). The molecule has 0 aliphatic rings. The smallest absolute Gasteiger partial charge is 0.258 e. The van der Waals surface area contributed by atoms with E-state index in [1.165, 1.54) is 31.5 Å². The number of carbonyl (C=O) groups excluding carboxylic acids is 1. The first-order chi connectivity index (χ1) is 18.7. The highest BCUT2D eigenvalue weighted by molar-refractivity contribution is 7.92. The Morgan fingerprint density at radius 3 is 2.54 bits per heavy atom. The average Bonchev–Trinajstić information content (AvgIpc) is 2.93. The van der Waals surface area contributed by atoms with Crippen LogP contribution < -0.4 is 20.1 Å². The Balaban J connectivity index is 1.79. The van der Waals surface area contributed by atoms with Crippen LogP contribution in [-0.4, -0.2) is 42.1 Å². The van der Waals surface area contributed by atoms with Crippen molar-refractivity contribution in [1.29, 1.82) is 5.26 Å². The number of benzene rings is 2. The number of hydrogen-bond acceptors (Lipinski definition) is 9. The minimum absolute atomic E-state index is 0.0106. The summed E-state index contributed by atoms with van der Waals surface area (Å²) in [6, 6.07) is 12.3. The number of fused-ring (bicyclic) bond motifs is 1. The quantitative estimate of drug-likeness (QED) is 0.317. The van der Waals surface area contributed by atoms with Crippen LogP contribution in [0.1, 0.15) is 34.8 Å². The Kier molecular flexibility index (Phi) is 7.87. The number of nitrogen functional groups attached to an aromatic ring is 1. The lowest BCUT2D eigenvalue weighted by atomic mass is 10.1. The summed E-state index contributed by atoms with van der Waals surface area (Å²) in [5.41, 5.74) is 5.73. The van der Waals surface area contributed by atoms with Crippen LogP contribution in [0.5, 0.6) is 5.75 Å². The first-order valence-electron chi connectivity index (χ1n) is 11.7. The first-order valence-corrected chi connectivity index (χ1v) is 13.3. The summed E-state index contributed by atoms with van der Waals surface area (Å²) in [6.07, 6.45) is 2.78. The molecular formula is C26H24FN7O4S. The van der Waals surface area contributed by atoms with Crippen LogP contribution in [0, 0.1) is 17.1 Å². The van der Waals surface area contributed by atoms with Gasteiger partial charge in [-0.1, -0.05) is 19.1 Å². The number of nitriles is 1. The van der Waals surface area contributed by atoms with Crippen molar-refractivity contribution in [3.05, 3.63) is 77.5 Å². The lowest BCUT2D eigenvalue weighted by Crippen LogP contribution is -2.33. The number of carbonyl (C=O) groups is 1. The number of rotatable bonds is 9. The molecule has 0 saturated heterocycles. The van der Waals surface area contributed by atoms with Crippen molar-refractivity contribution in [2.45, 2.75) is 19.9 Å². The normalized spacial score (nSPS) is 11.1. The van der Waals surface area contributed by atoms with Gasteiger partial charge in [0.1, 0.15) is 29.2 Å². The molecular weight excluding hydrogens is 525 g/mol. The number of pyridine rings is 1. The Morgan fingerprint density at radius 1 is 1.13 bits per heavy atom. The van der Waals surface area contributed by atoms with E-state index >= 15 is 4.39 Å². The lowest BCUT2D eigenvalue weighted by molar-refractivity contribution is 0.102. The number of nitrogens with zero attached hydrogens (tertiary/aromatic N) is 5. The number of halogens is 1. The van der Waals surface area contributed by atoms with Crippen molar-refractivity contribution in [2.75, 3.05) is 28.2 Å². The number of methoxy groups -OCH3 is 1. The van der Waals surface area contributed by atoms with Gasteiger partial charge in [0.2, 0.25) is 10.0 Å². The molecule has 0 radical (unpaired) electrons. The third kappa shape index (κ3) is 5.55. The number of anilines is 3. The van der Waals surface area contributed by atoms with Crippen LogP contribution in [-0.2, 0) is 16.6 Å². The van der Waals surface area contributed by atoms with Crippen molar-refractivity contribution in [3.63, 3.8) is 0 Å². The highest BCUT2D eigenvalue weighted by atomic mass is 32.2. The summed E-state index contributed by atoms with van der Waals surface area (Å²) in [4.78, 5) is 25.2. The minimum Gasteiger partial charge on any atom is -0.497 e. The van der Waals surface area contributed by atoms with Crippen LogP contribution in [0.2, 0.25) is 0 Å². The second kappa shape index (κ2) is 11.3. The van der Waals surface area contributed by atoms with Crippen LogP contribution in [0.25, 0.3) is 11.0 Å². The Labute approximate surface area is 224 Å². The number of ether oxygens (including phenoxy) is 1. The maximum absolute atomic E-state index is 16.1. The zero-order valence-corrected chi connectivity index (χ0v) is 21.9. The first kappa shape index (κ1) is 27.2. The molecule has 0 aliphatic heterocycles. The molecule has 0 atom stereocenters. The van der Waals surface area contributed by atoms with Gasteiger partial charge in [-0.25, -0.2) is 22.8 Å². The van der Waals surface area contributed by atoms with Crippen molar-refractivity contribution in [1.82, 2.24) is 15.0 Å². The lowest BCUT2D eigenvalue weighted by Gasteiger charge is -2.26. The zero-order chi connectivity index (χ0) is 28.2. The van der Waals surface area contributed by atoms with Gasteiger partial charge in [-0.3, -0.25) is 14.1 Å². The SMILES string of the molecule is CCCS(=O)(=O)N(Cc1ccc(OC)cc1)c1ccc(C#N)c(NC(=O)c2ccnc3c(N)ncnc23)c1F. The third-order valence-electron chi connectivity index (χ3n) is 5.83. The fourth-order valence-corrected chi connectivity index (χ4v) is 5.44. The van der Waals surface area contributed by atoms with Gasteiger partial charge >= 0.3 is 0 Å².